The minimum Gasteiger partial charge on any atom is -0.311 e. The molecule has 0 aliphatic carbocycles. The quantitative estimate of drug-likeness (QED) is 0.827. The Hall–Kier alpha value is -2.24. The summed E-state index contributed by atoms with van der Waals surface area (Å²) in [5, 5.41) is 0. The van der Waals surface area contributed by atoms with Gasteiger partial charge in [-0.25, -0.2) is 0 Å². The molecule has 5 nitrogen and oxygen atoms in total. The van der Waals surface area contributed by atoms with E-state index in [1.807, 2.05) is 53.7 Å². The van der Waals surface area contributed by atoms with Crippen molar-refractivity contribution in [1.29, 1.82) is 0 Å². The number of piperazine rings is 1. The van der Waals surface area contributed by atoms with Gasteiger partial charge in [0.05, 0.1) is 6.04 Å². The van der Waals surface area contributed by atoms with Crippen LogP contribution < -0.4 is 4.90 Å². The van der Waals surface area contributed by atoms with E-state index in [0.29, 0.717) is 0 Å². The van der Waals surface area contributed by atoms with E-state index in [2.05, 4.69) is 20.9 Å². The van der Waals surface area contributed by atoms with Gasteiger partial charge in [0.25, 0.3) is 0 Å². The molecule has 2 aromatic rings. The number of amides is 1. The van der Waals surface area contributed by atoms with Crippen LogP contribution in [0.2, 0.25) is 0 Å². The van der Waals surface area contributed by atoms with Crippen molar-refractivity contribution in [3.05, 3.63) is 60.4 Å². The van der Waals surface area contributed by atoms with Gasteiger partial charge in [0.15, 0.2) is 0 Å². The lowest BCUT2D eigenvalue weighted by Gasteiger charge is -2.37. The first-order chi connectivity index (χ1) is 12.8. The molecular weight excluding hydrogens is 324 g/mol. The zero-order chi connectivity index (χ0) is 17.8. The average Bonchev–Trinajstić information content (AvgIpc) is 3.10. The number of carbonyl (C=O) groups is 1. The van der Waals surface area contributed by atoms with E-state index in [9.17, 15) is 4.79 Å². The molecule has 1 atom stereocenters. The Morgan fingerprint density at radius 1 is 0.962 bits per heavy atom. The molecular formula is C21H26N4O. The normalized spacial score (nSPS) is 22.1. The Kier molecular flexibility index (Phi) is 5.27. The van der Waals surface area contributed by atoms with Crippen molar-refractivity contribution < 1.29 is 4.79 Å². The number of nitrogens with zero attached hydrogens (tertiary/aromatic N) is 4. The van der Waals surface area contributed by atoms with Crippen LogP contribution in [0, 0.1) is 0 Å². The van der Waals surface area contributed by atoms with Gasteiger partial charge in [-0.3, -0.25) is 14.7 Å². The molecule has 26 heavy (non-hydrogen) atoms. The number of carbonyl (C=O) groups excluding carboxylic acids is 1. The molecule has 0 radical (unpaired) electrons. The molecule has 0 saturated carbocycles. The molecule has 2 aliphatic rings. The zero-order valence-corrected chi connectivity index (χ0v) is 15.1. The summed E-state index contributed by atoms with van der Waals surface area (Å²) in [4.78, 5) is 23.9. The molecule has 5 heteroatoms. The third-order valence-corrected chi connectivity index (χ3v) is 5.53. The summed E-state index contributed by atoms with van der Waals surface area (Å²) in [5.74, 6) is 0.264. The largest absolute Gasteiger partial charge is 0.311 e. The second-order valence-electron chi connectivity index (χ2n) is 7.12. The van der Waals surface area contributed by atoms with Crippen molar-refractivity contribution >= 4 is 11.6 Å². The molecule has 0 spiro atoms. The first kappa shape index (κ1) is 17.2. The number of hydrogen-bond donors (Lipinski definition) is 0. The van der Waals surface area contributed by atoms with Crippen LogP contribution in [0.5, 0.6) is 0 Å². The lowest BCUT2D eigenvalue weighted by molar-refractivity contribution is -0.122. The standard InChI is InChI=1S/C21H26N4O/c26-21-20(9-12-25(21)19-6-2-1-3-7-19)24-15-13-23(14-16-24)11-8-18-5-4-10-22-17-18/h1-7,10,17,20H,8-9,11-16H2. The van der Waals surface area contributed by atoms with Gasteiger partial charge in [0.1, 0.15) is 0 Å². The number of benzene rings is 1. The third-order valence-electron chi connectivity index (χ3n) is 5.53. The van der Waals surface area contributed by atoms with Crippen LogP contribution >= 0.6 is 0 Å². The average molecular weight is 350 g/mol. The van der Waals surface area contributed by atoms with Gasteiger partial charge in [-0.15, -0.1) is 0 Å². The van der Waals surface area contributed by atoms with Crippen molar-refractivity contribution in [3.63, 3.8) is 0 Å². The Labute approximate surface area is 155 Å². The molecule has 0 bridgehead atoms. The fourth-order valence-electron chi connectivity index (χ4n) is 4.00. The first-order valence-electron chi connectivity index (χ1n) is 9.53. The van der Waals surface area contributed by atoms with E-state index < -0.39 is 0 Å². The van der Waals surface area contributed by atoms with Gasteiger partial charge in [0.2, 0.25) is 5.91 Å². The summed E-state index contributed by atoms with van der Waals surface area (Å²) < 4.78 is 0. The van der Waals surface area contributed by atoms with Gasteiger partial charge in [-0.1, -0.05) is 24.3 Å². The number of aromatic nitrogens is 1. The zero-order valence-electron chi connectivity index (χ0n) is 15.1. The summed E-state index contributed by atoms with van der Waals surface area (Å²) in [7, 11) is 0. The highest BCUT2D eigenvalue weighted by molar-refractivity contribution is 5.99. The molecule has 1 aromatic heterocycles. The van der Waals surface area contributed by atoms with Crippen molar-refractivity contribution in [2.24, 2.45) is 0 Å². The number of rotatable bonds is 5. The van der Waals surface area contributed by atoms with Crippen LogP contribution in [0.4, 0.5) is 5.69 Å². The first-order valence-corrected chi connectivity index (χ1v) is 9.53. The fraction of sp³-hybridized carbons (Fsp3) is 0.429. The molecule has 1 amide bonds. The van der Waals surface area contributed by atoms with Crippen LogP contribution in [0.3, 0.4) is 0 Å². The lowest BCUT2D eigenvalue weighted by Crippen LogP contribution is -2.52. The molecule has 1 unspecified atom stereocenters. The predicted octanol–water partition coefficient (Wildman–Crippen LogP) is 2.05. The van der Waals surface area contributed by atoms with Crippen LogP contribution in [0.15, 0.2) is 54.9 Å². The summed E-state index contributed by atoms with van der Waals surface area (Å²) in [5.41, 5.74) is 2.31. The highest BCUT2D eigenvalue weighted by Crippen LogP contribution is 2.24. The number of para-hydroxylation sites is 1. The molecule has 3 heterocycles. The van der Waals surface area contributed by atoms with Crippen LogP contribution in [-0.4, -0.2) is 66.0 Å². The molecule has 2 saturated heterocycles. The maximum Gasteiger partial charge on any atom is 0.244 e. The van der Waals surface area contributed by atoms with Crippen molar-refractivity contribution in [1.82, 2.24) is 14.8 Å². The summed E-state index contributed by atoms with van der Waals surface area (Å²) in [6, 6.07) is 14.2. The van der Waals surface area contributed by atoms with Crippen molar-refractivity contribution in [3.8, 4) is 0 Å². The van der Waals surface area contributed by atoms with E-state index >= 15 is 0 Å². The third kappa shape index (κ3) is 3.79. The molecule has 0 N–H and O–H groups in total. The van der Waals surface area contributed by atoms with Crippen LogP contribution in [0.25, 0.3) is 0 Å². The van der Waals surface area contributed by atoms with Crippen molar-refractivity contribution in [2.75, 3.05) is 44.2 Å². The monoisotopic (exact) mass is 350 g/mol. The van der Waals surface area contributed by atoms with Gasteiger partial charge >= 0.3 is 0 Å². The minimum atomic E-state index is 0.0516. The summed E-state index contributed by atoms with van der Waals surface area (Å²) >= 11 is 0. The van der Waals surface area contributed by atoms with Crippen LogP contribution in [0.1, 0.15) is 12.0 Å². The number of pyridine rings is 1. The topological polar surface area (TPSA) is 39.7 Å². The van der Waals surface area contributed by atoms with Gasteiger partial charge in [-0.05, 0) is 36.6 Å². The van der Waals surface area contributed by atoms with Gasteiger partial charge in [0, 0.05) is 57.3 Å². The maximum atomic E-state index is 12.9. The van der Waals surface area contributed by atoms with E-state index in [1.165, 1.54) is 5.56 Å². The number of anilines is 1. The second-order valence-corrected chi connectivity index (χ2v) is 7.12. The Bertz CT molecular complexity index is 713. The minimum absolute atomic E-state index is 0.0516. The van der Waals surface area contributed by atoms with E-state index in [-0.39, 0.29) is 11.9 Å². The Morgan fingerprint density at radius 2 is 1.77 bits per heavy atom. The Morgan fingerprint density at radius 3 is 2.50 bits per heavy atom. The van der Waals surface area contributed by atoms with Crippen LogP contribution in [-0.2, 0) is 11.2 Å². The highest BCUT2D eigenvalue weighted by Gasteiger charge is 2.37. The number of hydrogen-bond acceptors (Lipinski definition) is 4. The molecule has 2 aliphatic heterocycles. The Balaban J connectivity index is 1.28. The highest BCUT2D eigenvalue weighted by atomic mass is 16.2. The van der Waals surface area contributed by atoms with Gasteiger partial charge < -0.3 is 9.80 Å². The summed E-state index contributed by atoms with van der Waals surface area (Å²) in [6.07, 6.45) is 5.74. The maximum absolute atomic E-state index is 12.9. The fourth-order valence-corrected chi connectivity index (χ4v) is 4.00. The molecule has 1 aromatic carbocycles. The van der Waals surface area contributed by atoms with E-state index in [1.54, 1.807) is 0 Å². The summed E-state index contributed by atoms with van der Waals surface area (Å²) in [6.45, 7) is 5.92. The molecule has 4 rings (SSSR count). The van der Waals surface area contributed by atoms with Gasteiger partial charge in [-0.2, -0.15) is 0 Å². The van der Waals surface area contributed by atoms with E-state index in [0.717, 1.165) is 57.8 Å². The smallest absolute Gasteiger partial charge is 0.244 e. The molecule has 136 valence electrons. The molecule has 2 fully saturated rings. The SMILES string of the molecule is O=C1C(N2CCN(CCc3cccnc3)CC2)CCN1c1ccccc1. The van der Waals surface area contributed by atoms with Crippen molar-refractivity contribution in [2.45, 2.75) is 18.9 Å². The lowest BCUT2D eigenvalue weighted by atomic mass is 10.1. The second kappa shape index (κ2) is 7.98. The van der Waals surface area contributed by atoms with E-state index in [4.69, 9.17) is 0 Å². The predicted molar refractivity (Wildman–Crippen MR) is 103 cm³/mol.